The molecule has 0 radical (unpaired) electrons. The summed E-state index contributed by atoms with van der Waals surface area (Å²) in [5.41, 5.74) is 4.26. The number of nitrogens with one attached hydrogen (secondary N) is 1. The van der Waals surface area contributed by atoms with Crippen LogP contribution in [0.4, 0.5) is 5.69 Å². The van der Waals surface area contributed by atoms with E-state index < -0.39 is 28.2 Å². The van der Waals surface area contributed by atoms with Crippen LogP contribution in [-0.4, -0.2) is 35.6 Å². The van der Waals surface area contributed by atoms with Crippen molar-refractivity contribution in [2.24, 2.45) is 7.05 Å². The summed E-state index contributed by atoms with van der Waals surface area (Å²) in [6.07, 6.45) is 0.0919. The molecular weight excluding hydrogens is 452 g/mol. The van der Waals surface area contributed by atoms with Crippen molar-refractivity contribution in [3.05, 3.63) is 87.7 Å². The van der Waals surface area contributed by atoms with E-state index in [1.54, 1.807) is 48.5 Å². The molecule has 168 valence electrons. The average molecular weight is 475 g/mol. The van der Waals surface area contributed by atoms with Gasteiger partial charge in [-0.05, 0) is 60.5 Å². The number of halogens is 1. The van der Waals surface area contributed by atoms with Crippen molar-refractivity contribution in [2.75, 3.05) is 10.5 Å². The molecule has 0 amide bonds. The fourth-order valence-corrected chi connectivity index (χ4v) is 4.58. The second-order valence-electron chi connectivity index (χ2n) is 7.50. The molecule has 1 heterocycles. The van der Waals surface area contributed by atoms with Crippen LogP contribution in [0.3, 0.4) is 0 Å². The van der Waals surface area contributed by atoms with Gasteiger partial charge in [-0.1, -0.05) is 23.7 Å². The number of rotatable bonds is 9. The Balaban J connectivity index is 1.74. The summed E-state index contributed by atoms with van der Waals surface area (Å²) in [5.74, 6) is -1.74. The summed E-state index contributed by atoms with van der Waals surface area (Å²) in [5, 5.41) is 9.22. The van der Waals surface area contributed by atoms with Gasteiger partial charge in [-0.3, -0.25) is 14.3 Å². The summed E-state index contributed by atoms with van der Waals surface area (Å²) >= 11 is 5.92. The van der Waals surface area contributed by atoms with Gasteiger partial charge < -0.3 is 9.67 Å². The van der Waals surface area contributed by atoms with Crippen molar-refractivity contribution in [1.29, 1.82) is 0 Å². The van der Waals surface area contributed by atoms with E-state index >= 15 is 0 Å². The number of carboxylic acids is 1. The molecule has 0 saturated carbocycles. The zero-order chi connectivity index (χ0) is 23.5. The van der Waals surface area contributed by atoms with Crippen LogP contribution < -0.4 is 4.72 Å². The van der Waals surface area contributed by atoms with Crippen molar-refractivity contribution in [3.8, 4) is 0 Å². The van der Waals surface area contributed by atoms with E-state index in [1.807, 2.05) is 24.6 Å². The van der Waals surface area contributed by atoms with Gasteiger partial charge in [0.15, 0.2) is 0 Å². The first-order valence-corrected chi connectivity index (χ1v) is 11.9. The molecule has 0 spiro atoms. The number of sulfonamides is 1. The highest BCUT2D eigenvalue weighted by Crippen LogP contribution is 2.22. The van der Waals surface area contributed by atoms with Crippen LogP contribution >= 0.6 is 11.6 Å². The summed E-state index contributed by atoms with van der Waals surface area (Å²) < 4.78 is 28.1. The van der Waals surface area contributed by atoms with E-state index in [1.165, 1.54) is 0 Å². The topological polar surface area (TPSA) is 105 Å². The van der Waals surface area contributed by atoms with E-state index in [9.17, 15) is 18.0 Å². The van der Waals surface area contributed by atoms with Crippen LogP contribution in [0.15, 0.2) is 54.6 Å². The standard InChI is InChI=1S/C23H23ClN2O5S/c1-15-13-20(26(2)22(15)23(29)17-5-7-18(24)8-6-17)14-16-3-9-19(10-4-16)25-32(30,31)12-11-21(27)28/h3-10,13,25H,11-12,14H2,1-2H3,(H,27,28). The highest BCUT2D eigenvalue weighted by Gasteiger charge is 2.19. The summed E-state index contributed by atoms with van der Waals surface area (Å²) in [7, 11) is -1.89. The predicted octanol–water partition coefficient (Wildman–Crippen LogP) is 4.03. The molecule has 3 rings (SSSR count). The minimum Gasteiger partial charge on any atom is -0.481 e. The molecule has 0 saturated heterocycles. The second-order valence-corrected chi connectivity index (χ2v) is 9.78. The molecule has 0 atom stereocenters. The Labute approximate surface area is 191 Å². The number of aryl methyl sites for hydroxylation is 1. The quantitative estimate of drug-likeness (QED) is 0.455. The number of nitrogens with zero attached hydrogens (tertiary/aromatic N) is 1. The molecule has 0 aliphatic heterocycles. The third-order valence-electron chi connectivity index (χ3n) is 5.04. The van der Waals surface area contributed by atoms with Crippen molar-refractivity contribution < 1.29 is 23.1 Å². The van der Waals surface area contributed by atoms with Gasteiger partial charge in [0.1, 0.15) is 0 Å². The van der Waals surface area contributed by atoms with Crippen LogP contribution in [0.5, 0.6) is 0 Å². The lowest BCUT2D eigenvalue weighted by Gasteiger charge is -2.10. The first-order chi connectivity index (χ1) is 15.1. The van der Waals surface area contributed by atoms with E-state index in [0.717, 1.165) is 16.8 Å². The van der Waals surface area contributed by atoms with Crippen LogP contribution in [0.1, 0.15) is 39.3 Å². The number of carbonyl (C=O) groups excluding carboxylic acids is 1. The van der Waals surface area contributed by atoms with Gasteiger partial charge in [0.2, 0.25) is 15.8 Å². The number of aromatic nitrogens is 1. The Hall–Kier alpha value is -3.10. The smallest absolute Gasteiger partial charge is 0.304 e. The van der Waals surface area contributed by atoms with Crippen LogP contribution in [0.2, 0.25) is 5.02 Å². The van der Waals surface area contributed by atoms with E-state index in [-0.39, 0.29) is 5.78 Å². The molecule has 0 aliphatic rings. The highest BCUT2D eigenvalue weighted by atomic mass is 35.5. The third-order valence-corrected chi connectivity index (χ3v) is 6.58. The fourth-order valence-electron chi connectivity index (χ4n) is 3.41. The summed E-state index contributed by atoms with van der Waals surface area (Å²) in [6.45, 7) is 1.89. The molecular formula is C23H23ClN2O5S. The maximum Gasteiger partial charge on any atom is 0.304 e. The molecule has 32 heavy (non-hydrogen) atoms. The largest absolute Gasteiger partial charge is 0.481 e. The van der Waals surface area contributed by atoms with Gasteiger partial charge in [-0.2, -0.15) is 0 Å². The van der Waals surface area contributed by atoms with E-state index in [2.05, 4.69) is 4.72 Å². The molecule has 0 fully saturated rings. The average Bonchev–Trinajstić information content (AvgIpc) is 3.01. The van der Waals surface area contributed by atoms with Crippen LogP contribution in [0, 0.1) is 6.92 Å². The number of anilines is 1. The molecule has 0 aliphatic carbocycles. The third kappa shape index (κ3) is 5.77. The molecule has 0 unspecified atom stereocenters. The summed E-state index contributed by atoms with van der Waals surface area (Å²) in [6, 6.07) is 15.6. The van der Waals surface area contributed by atoms with Crippen LogP contribution in [0.25, 0.3) is 0 Å². The predicted molar refractivity (Wildman–Crippen MR) is 124 cm³/mol. The van der Waals surface area contributed by atoms with Crippen LogP contribution in [-0.2, 0) is 28.3 Å². The van der Waals surface area contributed by atoms with Gasteiger partial charge in [0.25, 0.3) is 0 Å². The second kappa shape index (κ2) is 9.58. The number of ketones is 1. The first kappa shape index (κ1) is 23.6. The number of benzene rings is 2. The van der Waals surface area contributed by atoms with Crippen molar-refractivity contribution in [2.45, 2.75) is 19.8 Å². The van der Waals surface area contributed by atoms with Gasteiger partial charge in [-0.25, -0.2) is 8.42 Å². The van der Waals surface area contributed by atoms with Gasteiger partial charge in [0.05, 0.1) is 17.9 Å². The lowest BCUT2D eigenvalue weighted by Crippen LogP contribution is -2.18. The minimum atomic E-state index is -3.73. The Morgan fingerprint density at radius 3 is 2.28 bits per heavy atom. The van der Waals surface area contributed by atoms with Crippen molar-refractivity contribution >= 4 is 39.1 Å². The molecule has 2 N–H and O–H groups in total. The molecule has 9 heteroatoms. The highest BCUT2D eigenvalue weighted by molar-refractivity contribution is 7.92. The lowest BCUT2D eigenvalue weighted by atomic mass is 10.1. The molecule has 7 nitrogen and oxygen atoms in total. The summed E-state index contributed by atoms with van der Waals surface area (Å²) in [4.78, 5) is 23.6. The SMILES string of the molecule is Cc1cc(Cc2ccc(NS(=O)(=O)CCC(=O)O)cc2)n(C)c1C(=O)c1ccc(Cl)cc1. The van der Waals surface area contributed by atoms with Crippen molar-refractivity contribution in [1.82, 2.24) is 4.57 Å². The normalized spacial score (nSPS) is 11.3. The zero-order valence-corrected chi connectivity index (χ0v) is 19.2. The maximum atomic E-state index is 13.0. The van der Waals surface area contributed by atoms with Crippen molar-refractivity contribution in [3.63, 3.8) is 0 Å². The number of hydrogen-bond donors (Lipinski definition) is 2. The molecule has 1 aromatic heterocycles. The number of carboxylic acid groups (broad SMARTS) is 1. The van der Waals surface area contributed by atoms with E-state index in [4.69, 9.17) is 16.7 Å². The van der Waals surface area contributed by atoms with Gasteiger partial charge in [-0.15, -0.1) is 0 Å². The number of hydrogen-bond acceptors (Lipinski definition) is 4. The molecule has 0 bridgehead atoms. The fraction of sp³-hybridized carbons (Fsp3) is 0.217. The minimum absolute atomic E-state index is 0.0842. The Morgan fingerprint density at radius 2 is 1.69 bits per heavy atom. The Kier molecular flexibility index (Phi) is 7.06. The molecule has 2 aromatic carbocycles. The first-order valence-electron chi connectivity index (χ1n) is 9.82. The monoisotopic (exact) mass is 474 g/mol. The number of aliphatic carboxylic acids is 1. The lowest BCUT2D eigenvalue weighted by molar-refractivity contribution is -0.136. The molecule has 3 aromatic rings. The van der Waals surface area contributed by atoms with Gasteiger partial charge >= 0.3 is 5.97 Å². The van der Waals surface area contributed by atoms with E-state index in [0.29, 0.717) is 28.4 Å². The Morgan fingerprint density at radius 1 is 1.06 bits per heavy atom. The zero-order valence-electron chi connectivity index (χ0n) is 17.6. The van der Waals surface area contributed by atoms with Gasteiger partial charge in [0, 0.05) is 35.4 Å². The Bertz CT molecular complexity index is 1250. The maximum absolute atomic E-state index is 13.0. The number of carbonyl (C=O) groups is 2.